The van der Waals surface area contributed by atoms with Crippen LogP contribution >= 0.6 is 0 Å². The van der Waals surface area contributed by atoms with Crippen molar-refractivity contribution in [2.45, 2.75) is 0 Å². The molecule has 0 aliphatic rings. The van der Waals surface area contributed by atoms with E-state index in [2.05, 4.69) is 25.5 Å². The molecule has 0 spiro atoms. The van der Waals surface area contributed by atoms with Crippen molar-refractivity contribution < 1.29 is 0 Å². The van der Waals surface area contributed by atoms with E-state index in [9.17, 15) is 0 Å². The molecule has 0 rings (SSSR count). The standard InChI is InChI=1S/C8H7N/c1-4-8(5-2)7(3)6-9/h4H,1-3H2. The van der Waals surface area contributed by atoms with Gasteiger partial charge in [0.25, 0.3) is 0 Å². The van der Waals surface area contributed by atoms with Crippen molar-refractivity contribution in [2.24, 2.45) is 0 Å². The third kappa shape index (κ3) is 1.82. The summed E-state index contributed by atoms with van der Waals surface area (Å²) < 4.78 is 0. The number of allylic oxidation sites excluding steroid dienone is 3. The molecule has 0 aromatic rings. The molecule has 0 amide bonds. The molecule has 0 saturated heterocycles. The predicted octanol–water partition coefficient (Wildman–Crippen LogP) is 1.96. The highest BCUT2D eigenvalue weighted by Gasteiger charge is 1.91. The third-order valence-corrected chi connectivity index (χ3v) is 0.855. The van der Waals surface area contributed by atoms with E-state index in [1.54, 1.807) is 0 Å². The Kier molecular flexibility index (Phi) is 2.90. The van der Waals surface area contributed by atoms with Gasteiger partial charge in [-0.05, 0) is 0 Å². The lowest BCUT2D eigenvalue weighted by atomic mass is 10.1. The minimum atomic E-state index is 0.347. The minimum Gasteiger partial charge on any atom is -0.192 e. The summed E-state index contributed by atoms with van der Waals surface area (Å²) in [6.07, 6.45) is 1.50. The normalized spacial score (nSPS) is 6.56. The van der Waals surface area contributed by atoms with Gasteiger partial charge in [0.05, 0.1) is 11.6 Å². The van der Waals surface area contributed by atoms with Gasteiger partial charge in [-0.2, -0.15) is 5.26 Å². The Balaban J connectivity index is 4.58. The molecule has 0 unspecified atom stereocenters. The number of nitriles is 1. The topological polar surface area (TPSA) is 23.8 Å². The number of hydrogen-bond acceptors (Lipinski definition) is 1. The molecule has 9 heavy (non-hydrogen) atoms. The van der Waals surface area contributed by atoms with Gasteiger partial charge in [0, 0.05) is 5.57 Å². The molecule has 0 aliphatic carbocycles. The molecular weight excluding hydrogens is 110 g/mol. The summed E-state index contributed by atoms with van der Waals surface area (Å²) in [5.41, 5.74) is 3.44. The van der Waals surface area contributed by atoms with Crippen LogP contribution in [0.25, 0.3) is 0 Å². The van der Waals surface area contributed by atoms with Crippen molar-refractivity contribution in [3.05, 3.63) is 42.7 Å². The van der Waals surface area contributed by atoms with Crippen LogP contribution in [-0.4, -0.2) is 0 Å². The van der Waals surface area contributed by atoms with Gasteiger partial charge in [0.1, 0.15) is 0 Å². The lowest BCUT2D eigenvalue weighted by Gasteiger charge is -1.87. The molecule has 44 valence electrons. The van der Waals surface area contributed by atoms with Crippen molar-refractivity contribution in [3.63, 3.8) is 0 Å². The monoisotopic (exact) mass is 117 g/mol. The van der Waals surface area contributed by atoms with Gasteiger partial charge in [-0.15, -0.1) is 5.73 Å². The first-order chi connectivity index (χ1) is 4.26. The summed E-state index contributed by atoms with van der Waals surface area (Å²) in [5.74, 6) is 0. The van der Waals surface area contributed by atoms with Gasteiger partial charge < -0.3 is 0 Å². The molecule has 0 aromatic carbocycles. The summed E-state index contributed by atoms with van der Waals surface area (Å²) >= 11 is 0. The van der Waals surface area contributed by atoms with Crippen molar-refractivity contribution in [1.82, 2.24) is 0 Å². The zero-order valence-corrected chi connectivity index (χ0v) is 5.15. The van der Waals surface area contributed by atoms with E-state index in [-0.39, 0.29) is 0 Å². The summed E-state index contributed by atoms with van der Waals surface area (Å²) in [5, 5.41) is 8.28. The van der Waals surface area contributed by atoms with Crippen molar-refractivity contribution in [3.8, 4) is 6.07 Å². The van der Waals surface area contributed by atoms with Gasteiger partial charge in [-0.3, -0.25) is 0 Å². The van der Waals surface area contributed by atoms with E-state index in [4.69, 9.17) is 5.26 Å². The highest BCUT2D eigenvalue weighted by molar-refractivity contribution is 5.44. The van der Waals surface area contributed by atoms with Gasteiger partial charge >= 0.3 is 0 Å². The molecule has 0 N–H and O–H groups in total. The van der Waals surface area contributed by atoms with E-state index in [0.29, 0.717) is 11.1 Å². The van der Waals surface area contributed by atoms with Crippen molar-refractivity contribution >= 4 is 0 Å². The van der Waals surface area contributed by atoms with Crippen LogP contribution < -0.4 is 0 Å². The van der Waals surface area contributed by atoms with Crippen LogP contribution in [0.5, 0.6) is 0 Å². The molecule has 0 aliphatic heterocycles. The molecule has 0 fully saturated rings. The smallest absolute Gasteiger partial charge is 0.0998 e. The molecule has 0 saturated carbocycles. The largest absolute Gasteiger partial charge is 0.192 e. The number of nitrogens with zero attached hydrogens (tertiary/aromatic N) is 1. The molecule has 0 aromatic heterocycles. The maximum Gasteiger partial charge on any atom is 0.0998 e. The minimum absolute atomic E-state index is 0.347. The Labute approximate surface area is 54.9 Å². The first-order valence-electron chi connectivity index (χ1n) is 2.38. The highest BCUT2D eigenvalue weighted by atomic mass is 14.2. The van der Waals surface area contributed by atoms with Crippen LogP contribution in [-0.2, 0) is 0 Å². The fourth-order valence-electron chi connectivity index (χ4n) is 0.362. The quantitative estimate of drug-likeness (QED) is 0.308. The molecular formula is C8H7N. The average molecular weight is 117 g/mol. The predicted molar refractivity (Wildman–Crippen MR) is 37.6 cm³/mol. The SMILES string of the molecule is C=C=C(C=C)C(=C)C#N. The zero-order chi connectivity index (χ0) is 7.28. The Morgan fingerprint density at radius 3 is 2.22 bits per heavy atom. The second kappa shape index (κ2) is 3.49. The summed E-state index contributed by atoms with van der Waals surface area (Å²) in [7, 11) is 0. The van der Waals surface area contributed by atoms with Crippen molar-refractivity contribution in [2.75, 3.05) is 0 Å². The lowest BCUT2D eigenvalue weighted by molar-refractivity contribution is 1.48. The van der Waals surface area contributed by atoms with Crippen LogP contribution in [0, 0.1) is 11.3 Å². The average Bonchev–Trinajstić information content (AvgIpc) is 1.90. The summed E-state index contributed by atoms with van der Waals surface area (Å²) in [4.78, 5) is 0. The summed E-state index contributed by atoms with van der Waals surface area (Å²) in [6.45, 7) is 10.2. The van der Waals surface area contributed by atoms with E-state index in [1.807, 2.05) is 6.07 Å². The first kappa shape index (κ1) is 7.49. The van der Waals surface area contributed by atoms with Crippen LogP contribution in [0.2, 0.25) is 0 Å². The fraction of sp³-hybridized carbons (Fsp3) is 0. The molecule has 0 atom stereocenters. The van der Waals surface area contributed by atoms with Crippen LogP contribution in [0.4, 0.5) is 0 Å². The van der Waals surface area contributed by atoms with Crippen LogP contribution in [0.3, 0.4) is 0 Å². The van der Waals surface area contributed by atoms with Gasteiger partial charge in [-0.25, -0.2) is 0 Å². The van der Waals surface area contributed by atoms with E-state index < -0.39 is 0 Å². The number of rotatable bonds is 2. The second-order valence-electron chi connectivity index (χ2n) is 1.38. The van der Waals surface area contributed by atoms with Gasteiger partial charge in [0.2, 0.25) is 0 Å². The molecule has 0 radical (unpaired) electrons. The first-order valence-corrected chi connectivity index (χ1v) is 2.38. The van der Waals surface area contributed by atoms with Crippen LogP contribution in [0.15, 0.2) is 42.7 Å². The Morgan fingerprint density at radius 1 is 1.56 bits per heavy atom. The van der Waals surface area contributed by atoms with Crippen molar-refractivity contribution in [1.29, 1.82) is 5.26 Å². The zero-order valence-electron chi connectivity index (χ0n) is 5.15. The lowest BCUT2D eigenvalue weighted by Crippen LogP contribution is -1.75. The fourth-order valence-corrected chi connectivity index (χ4v) is 0.362. The van der Waals surface area contributed by atoms with E-state index in [1.165, 1.54) is 6.08 Å². The third-order valence-electron chi connectivity index (χ3n) is 0.855. The number of hydrogen-bond donors (Lipinski definition) is 0. The Hall–Kier alpha value is -1.51. The Morgan fingerprint density at radius 2 is 2.11 bits per heavy atom. The Bertz CT molecular complexity index is 221. The van der Waals surface area contributed by atoms with Gasteiger partial charge in [0.15, 0.2) is 0 Å². The molecule has 1 nitrogen and oxygen atoms in total. The maximum absolute atomic E-state index is 8.28. The molecule has 1 heteroatoms. The molecule has 0 bridgehead atoms. The molecule has 0 heterocycles. The summed E-state index contributed by atoms with van der Waals surface area (Å²) in [6, 6.07) is 1.86. The van der Waals surface area contributed by atoms with E-state index in [0.717, 1.165) is 0 Å². The van der Waals surface area contributed by atoms with Gasteiger partial charge in [-0.1, -0.05) is 25.8 Å². The maximum atomic E-state index is 8.28. The second-order valence-corrected chi connectivity index (χ2v) is 1.38. The van der Waals surface area contributed by atoms with Crippen LogP contribution in [0.1, 0.15) is 0 Å². The van der Waals surface area contributed by atoms with E-state index >= 15 is 0 Å². The highest BCUT2D eigenvalue weighted by Crippen LogP contribution is 2.03.